The molecule has 0 fully saturated rings. The van der Waals surface area contributed by atoms with Gasteiger partial charge in [0.15, 0.2) is 0 Å². The van der Waals surface area contributed by atoms with E-state index in [1.807, 2.05) is 72.2 Å². The summed E-state index contributed by atoms with van der Waals surface area (Å²) in [6, 6.07) is 26.4. The monoisotopic (exact) mass is 472 g/mol. The second kappa shape index (κ2) is 8.92. The van der Waals surface area contributed by atoms with E-state index in [1.54, 1.807) is 36.8 Å². The van der Waals surface area contributed by atoms with Gasteiger partial charge in [-0.3, -0.25) is 9.36 Å². The molecule has 36 heavy (non-hydrogen) atoms. The molecule has 0 atom stereocenters. The number of anilines is 1. The molecule has 1 amide bonds. The smallest absolute Gasteiger partial charge is 0.255 e. The second-order valence-corrected chi connectivity index (χ2v) is 8.27. The van der Waals surface area contributed by atoms with Crippen LogP contribution in [0.4, 0.5) is 5.69 Å². The third kappa shape index (κ3) is 4.01. The number of nitrogens with zero attached hydrogens (tertiary/aromatic N) is 5. The Kier molecular flexibility index (Phi) is 5.31. The van der Waals surface area contributed by atoms with Crippen LogP contribution in [0.1, 0.15) is 15.9 Å². The molecule has 174 valence electrons. The summed E-state index contributed by atoms with van der Waals surface area (Å²) in [5.41, 5.74) is 5.64. The first kappa shape index (κ1) is 21.4. The minimum Gasteiger partial charge on any atom is -0.416 e. The summed E-state index contributed by atoms with van der Waals surface area (Å²) in [6.07, 6.45) is 3.36. The number of hydrogen-bond donors (Lipinski definition) is 1. The van der Waals surface area contributed by atoms with Gasteiger partial charge in [0, 0.05) is 16.7 Å². The molecule has 0 aliphatic heterocycles. The summed E-state index contributed by atoms with van der Waals surface area (Å²) in [7, 11) is 0. The minimum atomic E-state index is -0.240. The molecule has 3 aromatic carbocycles. The van der Waals surface area contributed by atoms with E-state index < -0.39 is 0 Å². The maximum Gasteiger partial charge on any atom is 0.255 e. The molecule has 0 radical (unpaired) electrons. The summed E-state index contributed by atoms with van der Waals surface area (Å²) in [5.74, 6) is 1.34. The lowest BCUT2D eigenvalue weighted by atomic mass is 10.1. The van der Waals surface area contributed by atoms with E-state index in [0.717, 1.165) is 33.5 Å². The number of imidazole rings is 1. The number of fused-ring (bicyclic) bond motifs is 1. The number of carbonyl (C=O) groups excluding carboxylic acids is 1. The van der Waals surface area contributed by atoms with Gasteiger partial charge in [0.25, 0.3) is 5.91 Å². The number of carbonyl (C=O) groups is 1. The van der Waals surface area contributed by atoms with Gasteiger partial charge in [0.2, 0.25) is 11.8 Å². The molecule has 0 aliphatic carbocycles. The van der Waals surface area contributed by atoms with E-state index in [2.05, 4.69) is 25.5 Å². The Bertz CT molecular complexity index is 1680. The lowest BCUT2D eigenvalue weighted by molar-refractivity contribution is 0.102. The molecular weight excluding hydrogens is 452 g/mol. The molecule has 3 heterocycles. The molecule has 6 rings (SSSR count). The normalized spacial score (nSPS) is 11.0. The van der Waals surface area contributed by atoms with E-state index in [1.165, 1.54) is 0 Å². The molecule has 0 saturated carbocycles. The fourth-order valence-electron chi connectivity index (χ4n) is 3.97. The van der Waals surface area contributed by atoms with E-state index >= 15 is 0 Å². The van der Waals surface area contributed by atoms with Crippen LogP contribution in [-0.4, -0.2) is 30.6 Å². The van der Waals surface area contributed by atoms with E-state index in [-0.39, 0.29) is 5.91 Å². The van der Waals surface area contributed by atoms with Crippen molar-refractivity contribution in [3.05, 3.63) is 109 Å². The van der Waals surface area contributed by atoms with Crippen molar-refractivity contribution >= 4 is 22.6 Å². The van der Waals surface area contributed by atoms with Crippen LogP contribution >= 0.6 is 0 Å². The number of nitrogens with one attached hydrogen (secondary N) is 1. The van der Waals surface area contributed by atoms with Crippen molar-refractivity contribution in [2.45, 2.75) is 6.92 Å². The van der Waals surface area contributed by atoms with Crippen LogP contribution in [0.3, 0.4) is 0 Å². The van der Waals surface area contributed by atoms with Crippen molar-refractivity contribution in [1.82, 2.24) is 24.7 Å². The van der Waals surface area contributed by atoms with Crippen molar-refractivity contribution in [3.8, 4) is 28.7 Å². The number of rotatable bonds is 5. The van der Waals surface area contributed by atoms with Crippen molar-refractivity contribution in [3.63, 3.8) is 0 Å². The lowest BCUT2D eigenvalue weighted by Crippen LogP contribution is -2.12. The fraction of sp³-hybridized carbons (Fsp3) is 0.0357. The standard InChI is InChI=1S/C28H20N6O2/c1-18-6-2-3-7-22(18)28-33-32-27(36-28)20-12-10-19(11-13-20)26(35)31-21-14-15-25(29-16-21)34-17-30-23-8-4-5-9-24(23)34/h2-17H,1H3,(H,31,35). The average Bonchev–Trinajstić information content (AvgIpc) is 3.58. The Morgan fingerprint density at radius 3 is 2.42 bits per heavy atom. The zero-order valence-corrected chi connectivity index (χ0v) is 19.3. The van der Waals surface area contributed by atoms with Crippen molar-refractivity contribution in [2.75, 3.05) is 5.32 Å². The second-order valence-electron chi connectivity index (χ2n) is 8.27. The van der Waals surface area contributed by atoms with Gasteiger partial charge in [-0.25, -0.2) is 9.97 Å². The maximum absolute atomic E-state index is 12.8. The Balaban J connectivity index is 1.16. The first-order chi connectivity index (χ1) is 17.7. The lowest BCUT2D eigenvalue weighted by Gasteiger charge is -2.07. The third-order valence-electron chi connectivity index (χ3n) is 5.90. The number of aryl methyl sites for hydroxylation is 1. The van der Waals surface area contributed by atoms with Crippen LogP contribution in [0.5, 0.6) is 0 Å². The topological polar surface area (TPSA) is 98.7 Å². The largest absolute Gasteiger partial charge is 0.416 e. The zero-order chi connectivity index (χ0) is 24.5. The van der Waals surface area contributed by atoms with Crippen LogP contribution in [0.25, 0.3) is 39.8 Å². The van der Waals surface area contributed by atoms with Crippen LogP contribution < -0.4 is 5.32 Å². The number of aromatic nitrogens is 5. The first-order valence-electron chi connectivity index (χ1n) is 11.4. The minimum absolute atomic E-state index is 0.240. The predicted molar refractivity (Wildman–Crippen MR) is 137 cm³/mol. The number of para-hydroxylation sites is 2. The average molecular weight is 473 g/mol. The van der Waals surface area contributed by atoms with Crippen molar-refractivity contribution in [1.29, 1.82) is 0 Å². The summed E-state index contributed by atoms with van der Waals surface area (Å²) >= 11 is 0. The van der Waals surface area contributed by atoms with Crippen molar-refractivity contribution in [2.24, 2.45) is 0 Å². The van der Waals surface area contributed by atoms with E-state index in [4.69, 9.17) is 4.42 Å². The molecule has 0 bridgehead atoms. The summed E-state index contributed by atoms with van der Waals surface area (Å²) in [4.78, 5) is 21.7. The SMILES string of the molecule is Cc1ccccc1-c1nnc(-c2ccc(C(=O)Nc3ccc(-n4cnc5ccccc54)nc3)cc2)o1. The molecule has 0 saturated heterocycles. The molecule has 0 aliphatic rings. The molecule has 8 nitrogen and oxygen atoms in total. The number of benzene rings is 3. The number of hydrogen-bond acceptors (Lipinski definition) is 6. The third-order valence-corrected chi connectivity index (χ3v) is 5.90. The quantitative estimate of drug-likeness (QED) is 0.346. The molecule has 1 N–H and O–H groups in total. The van der Waals surface area contributed by atoms with E-state index in [0.29, 0.717) is 23.0 Å². The van der Waals surface area contributed by atoms with Gasteiger partial charge in [-0.1, -0.05) is 30.3 Å². The summed E-state index contributed by atoms with van der Waals surface area (Å²) in [6.45, 7) is 2.00. The van der Waals surface area contributed by atoms with Crippen LogP contribution in [0.2, 0.25) is 0 Å². The Morgan fingerprint density at radius 2 is 1.61 bits per heavy atom. The highest BCUT2D eigenvalue weighted by Crippen LogP contribution is 2.26. The van der Waals surface area contributed by atoms with Crippen molar-refractivity contribution < 1.29 is 9.21 Å². The van der Waals surface area contributed by atoms with Gasteiger partial charge in [0.1, 0.15) is 12.1 Å². The number of pyridine rings is 1. The molecule has 6 aromatic rings. The Labute approximate surface area is 206 Å². The van der Waals surface area contributed by atoms with Crippen LogP contribution in [-0.2, 0) is 0 Å². The maximum atomic E-state index is 12.8. The number of amides is 1. The van der Waals surface area contributed by atoms with Gasteiger partial charge >= 0.3 is 0 Å². The Hall–Kier alpha value is -5.11. The van der Waals surface area contributed by atoms with Crippen LogP contribution in [0, 0.1) is 6.92 Å². The molecule has 3 aromatic heterocycles. The summed E-state index contributed by atoms with van der Waals surface area (Å²) < 4.78 is 7.77. The Morgan fingerprint density at radius 1 is 0.833 bits per heavy atom. The predicted octanol–water partition coefficient (Wildman–Crippen LogP) is 5.70. The van der Waals surface area contributed by atoms with Gasteiger partial charge in [-0.2, -0.15) is 0 Å². The fourth-order valence-corrected chi connectivity index (χ4v) is 3.97. The highest BCUT2D eigenvalue weighted by molar-refractivity contribution is 6.04. The van der Waals surface area contributed by atoms with E-state index in [9.17, 15) is 4.79 Å². The summed E-state index contributed by atoms with van der Waals surface area (Å²) in [5, 5.41) is 11.2. The molecule has 0 spiro atoms. The first-order valence-corrected chi connectivity index (χ1v) is 11.4. The van der Waals surface area contributed by atoms with Gasteiger partial charge in [-0.15, -0.1) is 10.2 Å². The molecule has 8 heteroatoms. The van der Waals surface area contributed by atoms with Gasteiger partial charge in [0.05, 0.1) is 22.9 Å². The molecule has 0 unspecified atom stereocenters. The van der Waals surface area contributed by atoms with Gasteiger partial charge in [-0.05, 0) is 67.1 Å². The highest BCUT2D eigenvalue weighted by Gasteiger charge is 2.13. The zero-order valence-electron chi connectivity index (χ0n) is 19.3. The highest BCUT2D eigenvalue weighted by atomic mass is 16.4. The van der Waals surface area contributed by atoms with Gasteiger partial charge < -0.3 is 9.73 Å². The van der Waals surface area contributed by atoms with Crippen LogP contribution in [0.15, 0.2) is 102 Å². The molecular formula is C28H20N6O2.